The lowest BCUT2D eigenvalue weighted by molar-refractivity contribution is 0.264. The van der Waals surface area contributed by atoms with Crippen LogP contribution in [-0.4, -0.2) is 29.5 Å². The summed E-state index contributed by atoms with van der Waals surface area (Å²) in [5, 5.41) is 8.28. The van der Waals surface area contributed by atoms with Gasteiger partial charge in [-0.2, -0.15) is 0 Å². The van der Waals surface area contributed by atoms with Gasteiger partial charge in [0.05, 0.1) is 12.3 Å². The van der Waals surface area contributed by atoms with Crippen LogP contribution >= 0.6 is 11.6 Å². The summed E-state index contributed by atoms with van der Waals surface area (Å²) in [6.07, 6.45) is 0.231. The van der Waals surface area contributed by atoms with Crippen molar-refractivity contribution in [3.63, 3.8) is 0 Å². The number of aromatic nitrogens is 2. The van der Waals surface area contributed by atoms with E-state index >= 15 is 0 Å². The third-order valence-corrected chi connectivity index (χ3v) is 2.82. The molecule has 1 unspecified atom stereocenters. The molecule has 1 aromatic carbocycles. The summed E-state index contributed by atoms with van der Waals surface area (Å²) in [5.41, 5.74) is 1.65. The van der Waals surface area contributed by atoms with E-state index in [0.717, 1.165) is 23.6 Å². The molecule has 0 radical (unpaired) electrons. The minimum absolute atomic E-state index is 0.231. The van der Waals surface area contributed by atoms with Gasteiger partial charge in [-0.3, -0.25) is 0 Å². The Morgan fingerprint density at radius 3 is 2.78 bits per heavy atom. The zero-order chi connectivity index (χ0) is 12.4. The zero-order valence-corrected chi connectivity index (χ0v) is 10.3. The molecule has 1 aliphatic heterocycles. The van der Waals surface area contributed by atoms with Gasteiger partial charge >= 0.3 is 0 Å². The number of halogens is 1. The van der Waals surface area contributed by atoms with Crippen LogP contribution in [0, 0.1) is 0 Å². The molecule has 1 saturated heterocycles. The van der Waals surface area contributed by atoms with E-state index in [2.05, 4.69) is 10.2 Å². The Morgan fingerprint density at radius 1 is 1.22 bits per heavy atom. The maximum Gasteiger partial charge on any atom is 0.151 e. The smallest absolute Gasteiger partial charge is 0.151 e. The molecule has 92 valence electrons. The molecule has 1 fully saturated rings. The fourth-order valence-electron chi connectivity index (χ4n) is 1.61. The fraction of sp³-hybridized carbons (Fsp3) is 0.231. The number of nitrogens with zero attached hydrogens (tertiary/aromatic N) is 2. The van der Waals surface area contributed by atoms with E-state index < -0.39 is 0 Å². The molecule has 2 heterocycles. The molecule has 0 spiro atoms. The number of benzene rings is 1. The monoisotopic (exact) mass is 262 g/mol. The number of hydrogen-bond donors (Lipinski definition) is 0. The van der Waals surface area contributed by atoms with Crippen molar-refractivity contribution in [2.45, 2.75) is 6.10 Å². The summed E-state index contributed by atoms with van der Waals surface area (Å²) in [6, 6.07) is 11.3. The maximum atomic E-state index is 5.73. The molecule has 0 bridgehead atoms. The van der Waals surface area contributed by atoms with E-state index in [1.165, 1.54) is 0 Å². The second kappa shape index (κ2) is 4.92. The van der Waals surface area contributed by atoms with Crippen LogP contribution in [0.25, 0.3) is 11.3 Å². The summed E-state index contributed by atoms with van der Waals surface area (Å²) in [7, 11) is 0. The van der Waals surface area contributed by atoms with Gasteiger partial charge in [0, 0.05) is 5.56 Å². The summed E-state index contributed by atoms with van der Waals surface area (Å²) >= 11 is 5.73. The van der Waals surface area contributed by atoms with Crippen molar-refractivity contribution in [2.75, 3.05) is 13.2 Å². The zero-order valence-electron chi connectivity index (χ0n) is 9.54. The fourth-order valence-corrected chi connectivity index (χ4v) is 1.71. The van der Waals surface area contributed by atoms with E-state index in [1.807, 2.05) is 30.3 Å². The average Bonchev–Trinajstić information content (AvgIpc) is 3.22. The molecule has 1 aromatic heterocycles. The molecule has 0 saturated carbocycles. The van der Waals surface area contributed by atoms with Crippen LogP contribution in [0.15, 0.2) is 36.4 Å². The van der Waals surface area contributed by atoms with Crippen LogP contribution in [0.2, 0.25) is 5.15 Å². The van der Waals surface area contributed by atoms with Gasteiger partial charge in [-0.25, -0.2) is 0 Å². The molecule has 18 heavy (non-hydrogen) atoms. The van der Waals surface area contributed by atoms with Crippen LogP contribution in [0.4, 0.5) is 0 Å². The number of hydrogen-bond acceptors (Lipinski definition) is 4. The van der Waals surface area contributed by atoms with Gasteiger partial charge in [0.1, 0.15) is 18.5 Å². The van der Waals surface area contributed by atoms with E-state index in [0.29, 0.717) is 11.8 Å². The highest BCUT2D eigenvalue weighted by Gasteiger charge is 2.23. The van der Waals surface area contributed by atoms with Crippen LogP contribution < -0.4 is 4.74 Å². The molecule has 3 rings (SSSR count). The number of ether oxygens (including phenoxy) is 2. The lowest BCUT2D eigenvalue weighted by Crippen LogP contribution is -2.05. The first-order valence-electron chi connectivity index (χ1n) is 5.66. The highest BCUT2D eigenvalue weighted by Crippen LogP contribution is 2.29. The molecule has 1 aliphatic rings. The Morgan fingerprint density at radius 2 is 2.06 bits per heavy atom. The van der Waals surface area contributed by atoms with Crippen LogP contribution in [0.3, 0.4) is 0 Å². The molecule has 0 N–H and O–H groups in total. The van der Waals surface area contributed by atoms with E-state index in [9.17, 15) is 0 Å². The summed E-state index contributed by atoms with van der Waals surface area (Å²) in [5.74, 6) is 0.782. The average molecular weight is 263 g/mol. The first kappa shape index (κ1) is 11.4. The van der Waals surface area contributed by atoms with Gasteiger partial charge in [-0.15, -0.1) is 10.2 Å². The first-order valence-corrected chi connectivity index (χ1v) is 6.04. The van der Waals surface area contributed by atoms with Gasteiger partial charge in [0.15, 0.2) is 5.15 Å². The van der Waals surface area contributed by atoms with E-state index in [-0.39, 0.29) is 6.10 Å². The van der Waals surface area contributed by atoms with Crippen LogP contribution in [0.5, 0.6) is 5.75 Å². The Bertz CT molecular complexity index is 541. The Kier molecular flexibility index (Phi) is 3.13. The van der Waals surface area contributed by atoms with Crippen molar-refractivity contribution in [1.29, 1.82) is 0 Å². The molecule has 0 aliphatic carbocycles. The van der Waals surface area contributed by atoms with Gasteiger partial charge < -0.3 is 9.47 Å². The summed E-state index contributed by atoms with van der Waals surface area (Å²) < 4.78 is 10.8. The molecule has 5 heteroatoms. The molecule has 1 atom stereocenters. The van der Waals surface area contributed by atoms with E-state index in [1.54, 1.807) is 6.07 Å². The Hall–Kier alpha value is -1.65. The Balaban J connectivity index is 1.87. The largest absolute Gasteiger partial charge is 0.490 e. The van der Waals surface area contributed by atoms with Crippen molar-refractivity contribution >= 4 is 11.6 Å². The summed E-state index contributed by atoms with van der Waals surface area (Å²) in [6.45, 7) is 1.35. The highest BCUT2D eigenvalue weighted by atomic mass is 35.5. The lowest BCUT2D eigenvalue weighted by Gasteiger charge is -2.09. The Labute approximate surface area is 110 Å². The standard InChI is InChI=1S/C13H11ClN2O2/c14-13-6-5-11(15-16-13)10-3-1-2-4-12(10)18-8-9-7-17-9/h1-6,9H,7-8H2. The maximum absolute atomic E-state index is 5.73. The second-order valence-corrected chi connectivity index (χ2v) is 4.39. The van der Waals surface area contributed by atoms with Crippen molar-refractivity contribution in [2.24, 2.45) is 0 Å². The SMILES string of the molecule is Clc1ccc(-c2ccccc2OCC2CO2)nn1. The minimum atomic E-state index is 0.231. The van der Waals surface area contributed by atoms with Gasteiger partial charge in [0.2, 0.25) is 0 Å². The molecule has 0 amide bonds. The molecular formula is C13H11ClN2O2. The third-order valence-electron chi connectivity index (χ3n) is 2.62. The normalized spacial score (nSPS) is 17.5. The molecular weight excluding hydrogens is 252 g/mol. The summed E-state index contributed by atoms with van der Waals surface area (Å²) in [4.78, 5) is 0. The van der Waals surface area contributed by atoms with Crippen LogP contribution in [-0.2, 0) is 4.74 Å². The van der Waals surface area contributed by atoms with Crippen molar-refractivity contribution < 1.29 is 9.47 Å². The number of rotatable bonds is 4. The first-order chi connectivity index (χ1) is 8.83. The third kappa shape index (κ3) is 2.60. The number of para-hydroxylation sites is 1. The van der Waals surface area contributed by atoms with Gasteiger partial charge in [-0.1, -0.05) is 23.7 Å². The quantitative estimate of drug-likeness (QED) is 0.795. The van der Waals surface area contributed by atoms with Crippen molar-refractivity contribution in [3.8, 4) is 17.0 Å². The molecule has 2 aromatic rings. The van der Waals surface area contributed by atoms with Crippen molar-refractivity contribution in [1.82, 2.24) is 10.2 Å². The van der Waals surface area contributed by atoms with Gasteiger partial charge in [0.25, 0.3) is 0 Å². The molecule has 4 nitrogen and oxygen atoms in total. The van der Waals surface area contributed by atoms with Gasteiger partial charge in [-0.05, 0) is 24.3 Å². The van der Waals surface area contributed by atoms with Crippen molar-refractivity contribution in [3.05, 3.63) is 41.6 Å². The lowest BCUT2D eigenvalue weighted by atomic mass is 10.1. The minimum Gasteiger partial charge on any atom is -0.490 e. The predicted octanol–water partition coefficient (Wildman–Crippen LogP) is 2.57. The topological polar surface area (TPSA) is 47.5 Å². The number of epoxide rings is 1. The second-order valence-electron chi connectivity index (χ2n) is 4.00. The highest BCUT2D eigenvalue weighted by molar-refractivity contribution is 6.29. The predicted molar refractivity (Wildman–Crippen MR) is 67.7 cm³/mol. The van der Waals surface area contributed by atoms with Crippen LogP contribution in [0.1, 0.15) is 0 Å². The van der Waals surface area contributed by atoms with E-state index in [4.69, 9.17) is 21.1 Å².